The van der Waals surface area contributed by atoms with Crippen LogP contribution >= 0.6 is 0 Å². The number of methoxy groups -OCH3 is 1. The molecule has 0 bridgehead atoms. The first-order valence-corrected chi connectivity index (χ1v) is 15.4. The Morgan fingerprint density at radius 2 is 0.955 bits per heavy atom. The van der Waals surface area contributed by atoms with Crippen molar-refractivity contribution >= 4 is 17.6 Å². The number of hydrogen-bond acceptors (Lipinski definition) is 13. The van der Waals surface area contributed by atoms with Gasteiger partial charge < -0.3 is 52.7 Å². The smallest absolute Gasteiger partial charge is 0.338 e. The van der Waals surface area contributed by atoms with Crippen LogP contribution in [0.25, 0.3) is 0 Å². The van der Waals surface area contributed by atoms with Gasteiger partial charge in [0.2, 0.25) is 0 Å². The lowest BCUT2D eigenvalue weighted by Gasteiger charge is -2.09. The Morgan fingerprint density at radius 3 is 1.34 bits per heavy atom. The summed E-state index contributed by atoms with van der Waals surface area (Å²) >= 11 is 0. The maximum absolute atomic E-state index is 12.1. The summed E-state index contributed by atoms with van der Waals surface area (Å²) in [4.78, 5) is 23.0. The maximum atomic E-state index is 12.1. The first kappa shape index (κ1) is 39.7. The Kier molecular flexibility index (Phi) is 27.6. The number of carbonyl (C=O) groups is 2. The molecule has 1 aromatic carbocycles. The molecule has 0 atom stereocenters. The topological polar surface area (TPSA) is 138 Å². The van der Waals surface area contributed by atoms with Crippen LogP contribution in [0.3, 0.4) is 0 Å². The maximum Gasteiger partial charge on any atom is 0.338 e. The van der Waals surface area contributed by atoms with Crippen molar-refractivity contribution in [2.24, 2.45) is 0 Å². The van der Waals surface area contributed by atoms with Crippen LogP contribution in [0.5, 0.6) is 0 Å². The molecular formula is C31H53NO12. The van der Waals surface area contributed by atoms with Gasteiger partial charge in [-0.05, 0) is 30.7 Å². The van der Waals surface area contributed by atoms with Crippen LogP contribution < -0.4 is 5.32 Å². The van der Waals surface area contributed by atoms with Gasteiger partial charge in [-0.3, -0.25) is 4.79 Å². The van der Waals surface area contributed by atoms with Gasteiger partial charge in [0.25, 0.3) is 0 Å². The molecule has 13 heteroatoms. The monoisotopic (exact) mass is 631 g/mol. The molecule has 0 aliphatic rings. The van der Waals surface area contributed by atoms with Gasteiger partial charge in [0.15, 0.2) is 0 Å². The van der Waals surface area contributed by atoms with E-state index in [1.54, 1.807) is 12.1 Å². The molecule has 0 saturated carbocycles. The van der Waals surface area contributed by atoms with Gasteiger partial charge in [-0.2, -0.15) is 0 Å². The second-order valence-electron chi connectivity index (χ2n) is 9.22. The van der Waals surface area contributed by atoms with E-state index < -0.39 is 0 Å². The normalized spacial score (nSPS) is 11.0. The van der Waals surface area contributed by atoms with Gasteiger partial charge in [0.05, 0.1) is 125 Å². The summed E-state index contributed by atoms with van der Waals surface area (Å²) in [5.41, 5.74) is 1.51. The Morgan fingerprint density at radius 1 is 0.568 bits per heavy atom. The van der Waals surface area contributed by atoms with Gasteiger partial charge in [-0.25, -0.2) is 4.79 Å². The van der Waals surface area contributed by atoms with Crippen LogP contribution in [0.4, 0.5) is 5.69 Å². The van der Waals surface area contributed by atoms with E-state index in [4.69, 9.17) is 42.6 Å². The van der Waals surface area contributed by atoms with Gasteiger partial charge >= 0.3 is 11.9 Å². The summed E-state index contributed by atoms with van der Waals surface area (Å²) in [6.45, 7) is 10.3. The summed E-state index contributed by atoms with van der Waals surface area (Å²) in [6, 6.07) is 7.27. The van der Waals surface area contributed by atoms with Crippen molar-refractivity contribution in [1.82, 2.24) is 0 Å². The zero-order valence-corrected chi connectivity index (χ0v) is 26.6. The van der Waals surface area contributed by atoms with Crippen molar-refractivity contribution < 1.29 is 57.0 Å². The van der Waals surface area contributed by atoms with Crippen molar-refractivity contribution in [2.75, 3.05) is 131 Å². The molecule has 0 radical (unpaired) electrons. The zero-order chi connectivity index (χ0) is 31.8. The molecule has 0 aliphatic heterocycles. The lowest BCUT2D eigenvalue weighted by Crippen LogP contribution is -2.15. The third kappa shape index (κ3) is 25.0. The second kappa shape index (κ2) is 30.7. The molecule has 1 rings (SSSR count). The molecule has 1 aromatic rings. The van der Waals surface area contributed by atoms with E-state index in [9.17, 15) is 9.59 Å². The van der Waals surface area contributed by atoms with Crippen molar-refractivity contribution in [2.45, 2.75) is 26.2 Å². The van der Waals surface area contributed by atoms with Crippen molar-refractivity contribution in [3.05, 3.63) is 29.8 Å². The molecule has 0 saturated heterocycles. The van der Waals surface area contributed by atoms with E-state index in [1.807, 2.05) is 12.1 Å². The molecule has 0 aromatic heterocycles. The van der Waals surface area contributed by atoms with E-state index in [0.717, 1.165) is 25.1 Å². The average molecular weight is 632 g/mol. The number of carbonyl (C=O) groups excluding carboxylic acids is 2. The van der Waals surface area contributed by atoms with Gasteiger partial charge in [0.1, 0.15) is 6.61 Å². The van der Waals surface area contributed by atoms with Crippen LogP contribution in [0.15, 0.2) is 24.3 Å². The number of nitrogens with one attached hydrogen (secondary N) is 1. The van der Waals surface area contributed by atoms with Crippen LogP contribution in [-0.4, -0.2) is 138 Å². The standard InChI is InChI=1S/C31H53NO12/c1-3-4-10-32-29-7-5-28(6-8-29)31(34)44-27-26-43-25-24-42-23-22-41-21-20-40-19-18-39-17-16-38-15-14-37-13-12-36-11-9-30(33)35-2/h5-8,32H,3-4,9-27H2,1-2H3. The van der Waals surface area contributed by atoms with Gasteiger partial charge in [-0.1, -0.05) is 13.3 Å². The fourth-order valence-corrected chi connectivity index (χ4v) is 3.31. The summed E-state index contributed by atoms with van der Waals surface area (Å²) in [6.07, 6.45) is 2.48. The molecule has 0 aliphatic carbocycles. The molecule has 1 N–H and O–H groups in total. The predicted octanol–water partition coefficient (Wildman–Crippen LogP) is 2.75. The predicted molar refractivity (Wildman–Crippen MR) is 163 cm³/mol. The molecule has 0 spiro atoms. The lowest BCUT2D eigenvalue weighted by atomic mass is 10.2. The van der Waals surface area contributed by atoms with Crippen LogP contribution in [0.2, 0.25) is 0 Å². The molecule has 0 unspecified atom stereocenters. The van der Waals surface area contributed by atoms with E-state index in [-0.39, 0.29) is 25.0 Å². The quantitative estimate of drug-likeness (QED) is 0.0922. The minimum absolute atomic E-state index is 0.187. The molecule has 13 nitrogen and oxygen atoms in total. The largest absolute Gasteiger partial charge is 0.469 e. The fourth-order valence-electron chi connectivity index (χ4n) is 3.31. The second-order valence-corrected chi connectivity index (χ2v) is 9.22. The Balaban J connectivity index is 1.73. The van der Waals surface area contributed by atoms with Crippen molar-refractivity contribution in [1.29, 1.82) is 0 Å². The van der Waals surface area contributed by atoms with Gasteiger partial charge in [-0.15, -0.1) is 0 Å². The first-order chi connectivity index (χ1) is 21.7. The highest BCUT2D eigenvalue weighted by Gasteiger charge is 2.07. The highest BCUT2D eigenvalue weighted by atomic mass is 16.6. The zero-order valence-electron chi connectivity index (χ0n) is 26.6. The number of esters is 2. The molecule has 0 fully saturated rings. The number of anilines is 1. The summed E-state index contributed by atoms with van der Waals surface area (Å²) in [7, 11) is 1.35. The molecule has 44 heavy (non-hydrogen) atoms. The summed E-state index contributed by atoms with van der Waals surface area (Å²) in [5, 5.41) is 3.31. The number of rotatable bonds is 32. The van der Waals surface area contributed by atoms with Crippen molar-refractivity contribution in [3.63, 3.8) is 0 Å². The number of benzene rings is 1. The third-order valence-electron chi connectivity index (χ3n) is 5.72. The van der Waals surface area contributed by atoms with E-state index in [2.05, 4.69) is 17.0 Å². The number of hydrogen-bond donors (Lipinski definition) is 1. The molecule has 0 heterocycles. The van der Waals surface area contributed by atoms with Crippen LogP contribution in [0, 0.1) is 0 Å². The first-order valence-electron chi connectivity index (χ1n) is 15.4. The SMILES string of the molecule is CCCCNc1ccc(C(=O)OCCOCCOCCOCCOCCOCCOCCOCCOCCC(=O)OC)cc1. The molecule has 0 amide bonds. The van der Waals surface area contributed by atoms with Crippen molar-refractivity contribution in [3.8, 4) is 0 Å². The Hall–Kier alpha value is -2.36. The Bertz CT molecular complexity index is 796. The minimum Gasteiger partial charge on any atom is -0.469 e. The minimum atomic E-state index is -0.364. The van der Waals surface area contributed by atoms with Crippen LogP contribution in [-0.2, 0) is 52.2 Å². The Labute approximate surface area is 262 Å². The highest BCUT2D eigenvalue weighted by Crippen LogP contribution is 2.10. The summed E-state index contributed by atoms with van der Waals surface area (Å²) in [5.74, 6) is -0.653. The lowest BCUT2D eigenvalue weighted by molar-refractivity contribution is -0.141. The van der Waals surface area contributed by atoms with E-state index in [0.29, 0.717) is 111 Å². The number of unbranched alkanes of at least 4 members (excludes halogenated alkanes) is 1. The van der Waals surface area contributed by atoms with E-state index >= 15 is 0 Å². The highest BCUT2D eigenvalue weighted by molar-refractivity contribution is 5.89. The third-order valence-corrected chi connectivity index (χ3v) is 5.72. The molecular weight excluding hydrogens is 578 g/mol. The van der Waals surface area contributed by atoms with Crippen LogP contribution in [0.1, 0.15) is 36.5 Å². The van der Waals surface area contributed by atoms with Gasteiger partial charge in [0, 0.05) is 12.2 Å². The summed E-state index contributed by atoms with van der Waals surface area (Å²) < 4.78 is 53.0. The number of ether oxygens (including phenoxy) is 10. The average Bonchev–Trinajstić information content (AvgIpc) is 3.04. The van der Waals surface area contributed by atoms with E-state index in [1.165, 1.54) is 7.11 Å². The molecule has 254 valence electrons. The fraction of sp³-hybridized carbons (Fsp3) is 0.742.